The third-order valence-corrected chi connectivity index (χ3v) is 9.60. The lowest BCUT2D eigenvalue weighted by molar-refractivity contribution is -0.253. The van der Waals surface area contributed by atoms with E-state index in [4.69, 9.17) is 53.8 Å². The Bertz CT molecular complexity index is 1750. The van der Waals surface area contributed by atoms with E-state index in [1.807, 2.05) is 72.8 Å². The van der Waals surface area contributed by atoms with E-state index in [9.17, 15) is 9.90 Å². The summed E-state index contributed by atoms with van der Waals surface area (Å²) in [5.74, 6) is 0.801. The van der Waals surface area contributed by atoms with Gasteiger partial charge in [0.2, 0.25) is 0 Å². The zero-order valence-corrected chi connectivity index (χ0v) is 29.6. The van der Waals surface area contributed by atoms with Crippen molar-refractivity contribution in [3.8, 4) is 22.6 Å². The van der Waals surface area contributed by atoms with Gasteiger partial charge in [-0.05, 0) is 57.5 Å². The maximum Gasteiger partial charge on any atom is 0.272 e. The number of carbonyl (C=O) groups is 1. The zero-order valence-electron chi connectivity index (χ0n) is 27.3. The molecule has 2 N–H and O–H groups in total. The maximum absolute atomic E-state index is 12.2. The third kappa shape index (κ3) is 8.52. The standard InChI is InChI=1S/C38H39Cl3N2O6/c1-46-34-17-28-15-16-43(21-30(28)18-35(34)47-2)22-31-19-33(26-9-7-24(23-44)8-10-26)49-36(48-31)27-13-11-25(12-14-27)32-6-4-3-5-29(32)20-42-37(45)38(39,40)41/h3-14,17-18,31,33,36,44H,15-16,19-23H2,1-2H3,(H,42,45)/t31-,33+,36+/m1/s1. The van der Waals surface area contributed by atoms with Crippen LogP contribution in [0.1, 0.15) is 52.2 Å². The SMILES string of the molecule is COc1cc2c(cc1OC)CN(C[C@H]1C[C@@H](c3ccc(CO)cc3)O[C@@H](c3ccc(-c4ccccc4CNC(=O)C(Cl)(Cl)Cl)cc3)O1)CC2. The van der Waals surface area contributed by atoms with Crippen LogP contribution in [0.5, 0.6) is 11.5 Å². The minimum Gasteiger partial charge on any atom is -0.493 e. The number of alkyl halides is 3. The quantitative estimate of drug-likeness (QED) is 0.164. The Kier molecular flexibility index (Phi) is 11.4. The number of aliphatic hydroxyl groups is 1. The molecule has 8 nitrogen and oxygen atoms in total. The molecule has 0 aromatic heterocycles. The predicted molar refractivity (Wildman–Crippen MR) is 191 cm³/mol. The van der Waals surface area contributed by atoms with Crippen LogP contribution < -0.4 is 14.8 Å². The minimum absolute atomic E-state index is 0.0119. The number of rotatable bonds is 10. The van der Waals surface area contributed by atoms with Gasteiger partial charge in [-0.1, -0.05) is 108 Å². The van der Waals surface area contributed by atoms with Crippen LogP contribution in [0, 0.1) is 0 Å². The van der Waals surface area contributed by atoms with Gasteiger partial charge in [0.1, 0.15) is 0 Å². The van der Waals surface area contributed by atoms with E-state index in [1.54, 1.807) is 14.2 Å². The first-order chi connectivity index (χ1) is 23.6. The number of methoxy groups -OCH3 is 2. The number of hydrogen-bond donors (Lipinski definition) is 2. The van der Waals surface area contributed by atoms with E-state index in [2.05, 4.69) is 22.3 Å². The number of benzene rings is 4. The average molecular weight is 726 g/mol. The Morgan fingerprint density at radius 1 is 0.918 bits per heavy atom. The second-order valence-corrected chi connectivity index (χ2v) is 14.6. The number of fused-ring (bicyclic) bond motifs is 1. The van der Waals surface area contributed by atoms with Crippen LogP contribution in [-0.2, 0) is 40.4 Å². The van der Waals surface area contributed by atoms with Crippen molar-refractivity contribution in [3.63, 3.8) is 0 Å². The summed E-state index contributed by atoms with van der Waals surface area (Å²) in [6, 6.07) is 27.9. The van der Waals surface area contributed by atoms with Crippen molar-refractivity contribution < 1.29 is 28.8 Å². The second-order valence-electron chi connectivity index (χ2n) is 12.3. The maximum atomic E-state index is 12.2. The summed E-state index contributed by atoms with van der Waals surface area (Å²) in [5.41, 5.74) is 8.09. The molecule has 2 aliphatic heterocycles. The Hall–Kier alpha value is -3.34. The average Bonchev–Trinajstić information content (AvgIpc) is 3.13. The molecule has 49 heavy (non-hydrogen) atoms. The van der Waals surface area contributed by atoms with E-state index in [1.165, 1.54) is 11.1 Å². The van der Waals surface area contributed by atoms with Gasteiger partial charge < -0.3 is 29.4 Å². The van der Waals surface area contributed by atoms with E-state index in [0.717, 1.165) is 70.9 Å². The highest BCUT2D eigenvalue weighted by molar-refractivity contribution is 6.76. The lowest BCUT2D eigenvalue weighted by Crippen LogP contribution is -2.41. The number of amides is 1. The van der Waals surface area contributed by atoms with Crippen LogP contribution in [0.15, 0.2) is 84.9 Å². The summed E-state index contributed by atoms with van der Waals surface area (Å²) in [5, 5.41) is 12.3. The van der Waals surface area contributed by atoms with Gasteiger partial charge in [-0.15, -0.1) is 0 Å². The van der Waals surface area contributed by atoms with Crippen LogP contribution in [0.3, 0.4) is 0 Å². The number of nitrogens with one attached hydrogen (secondary N) is 1. The number of halogens is 3. The molecule has 0 radical (unpaired) electrons. The molecule has 0 unspecified atom stereocenters. The Labute approximate surface area is 301 Å². The fraction of sp³-hybridized carbons (Fsp3) is 0.342. The molecule has 2 aliphatic rings. The number of hydrogen-bond acceptors (Lipinski definition) is 7. The van der Waals surface area contributed by atoms with Crippen LogP contribution in [0.2, 0.25) is 0 Å². The number of ether oxygens (including phenoxy) is 4. The van der Waals surface area contributed by atoms with Gasteiger partial charge in [0, 0.05) is 38.2 Å². The smallest absolute Gasteiger partial charge is 0.272 e. The minimum atomic E-state index is -2.03. The first-order valence-corrected chi connectivity index (χ1v) is 17.3. The zero-order chi connectivity index (χ0) is 34.5. The van der Waals surface area contributed by atoms with E-state index in [0.29, 0.717) is 6.42 Å². The summed E-state index contributed by atoms with van der Waals surface area (Å²) >= 11 is 17.2. The van der Waals surface area contributed by atoms with Crippen molar-refractivity contribution in [2.24, 2.45) is 0 Å². The molecule has 3 atom stereocenters. The van der Waals surface area contributed by atoms with E-state index < -0.39 is 16.0 Å². The van der Waals surface area contributed by atoms with Crippen molar-refractivity contribution in [1.29, 1.82) is 0 Å². The van der Waals surface area contributed by atoms with Gasteiger partial charge in [0.05, 0.1) is 33.0 Å². The highest BCUT2D eigenvalue weighted by Gasteiger charge is 2.34. The summed E-state index contributed by atoms with van der Waals surface area (Å²) in [6.45, 7) is 2.62. The third-order valence-electron chi connectivity index (χ3n) is 9.08. The molecule has 0 bridgehead atoms. The molecule has 1 amide bonds. The molecule has 2 heterocycles. The lowest BCUT2D eigenvalue weighted by atomic mass is 9.96. The number of aliphatic hydroxyl groups excluding tert-OH is 1. The van der Waals surface area contributed by atoms with Crippen molar-refractivity contribution in [2.75, 3.05) is 27.3 Å². The van der Waals surface area contributed by atoms with Crippen molar-refractivity contribution in [1.82, 2.24) is 10.2 Å². The Morgan fingerprint density at radius 3 is 2.27 bits per heavy atom. The molecular weight excluding hydrogens is 687 g/mol. The normalized spacial score (nSPS) is 19.6. The first kappa shape index (κ1) is 35.5. The monoisotopic (exact) mass is 724 g/mol. The van der Waals surface area contributed by atoms with Gasteiger partial charge in [-0.3, -0.25) is 9.69 Å². The number of nitrogens with zero attached hydrogens (tertiary/aromatic N) is 1. The Balaban J connectivity index is 1.21. The topological polar surface area (TPSA) is 89.5 Å². The molecule has 258 valence electrons. The van der Waals surface area contributed by atoms with Crippen molar-refractivity contribution in [2.45, 2.75) is 54.8 Å². The molecule has 1 fully saturated rings. The highest BCUT2D eigenvalue weighted by atomic mass is 35.6. The van der Waals surface area contributed by atoms with E-state index >= 15 is 0 Å². The van der Waals surface area contributed by atoms with Gasteiger partial charge >= 0.3 is 0 Å². The van der Waals surface area contributed by atoms with Crippen LogP contribution in [0.4, 0.5) is 0 Å². The van der Waals surface area contributed by atoms with Gasteiger partial charge in [-0.2, -0.15) is 0 Å². The summed E-state index contributed by atoms with van der Waals surface area (Å²) in [4.78, 5) is 14.6. The molecule has 11 heteroatoms. The first-order valence-electron chi connectivity index (χ1n) is 16.1. The number of carbonyl (C=O) groups excluding carboxylic acids is 1. The summed E-state index contributed by atoms with van der Waals surface area (Å²) in [6.07, 6.45) is 0.724. The fourth-order valence-electron chi connectivity index (χ4n) is 6.47. The lowest BCUT2D eigenvalue weighted by Gasteiger charge is -2.39. The predicted octanol–water partition coefficient (Wildman–Crippen LogP) is 7.45. The van der Waals surface area contributed by atoms with Crippen molar-refractivity contribution in [3.05, 3.63) is 118 Å². The van der Waals surface area contributed by atoms with Gasteiger partial charge in [0.25, 0.3) is 9.70 Å². The molecule has 0 saturated carbocycles. The molecule has 6 rings (SSSR count). The van der Waals surface area contributed by atoms with Crippen LogP contribution in [0.25, 0.3) is 11.1 Å². The van der Waals surface area contributed by atoms with Gasteiger partial charge in [0.15, 0.2) is 17.8 Å². The largest absolute Gasteiger partial charge is 0.493 e. The molecule has 0 aliphatic carbocycles. The molecular formula is C38H39Cl3N2O6. The van der Waals surface area contributed by atoms with Crippen molar-refractivity contribution >= 4 is 40.7 Å². The Morgan fingerprint density at radius 2 is 1.59 bits per heavy atom. The summed E-state index contributed by atoms with van der Waals surface area (Å²) in [7, 11) is 3.32. The molecule has 1 saturated heterocycles. The van der Waals surface area contributed by atoms with Crippen LogP contribution in [-0.4, -0.2) is 53.1 Å². The van der Waals surface area contributed by atoms with Crippen LogP contribution >= 0.6 is 34.8 Å². The molecule has 4 aromatic carbocycles. The fourth-order valence-corrected chi connectivity index (χ4v) is 6.67. The molecule has 4 aromatic rings. The van der Waals surface area contributed by atoms with E-state index in [-0.39, 0.29) is 25.4 Å². The second kappa shape index (κ2) is 15.7. The highest BCUT2D eigenvalue weighted by Crippen LogP contribution is 2.40. The molecule has 0 spiro atoms. The summed E-state index contributed by atoms with van der Waals surface area (Å²) < 4.78 is 22.4. The van der Waals surface area contributed by atoms with Gasteiger partial charge in [-0.25, -0.2) is 0 Å².